The van der Waals surface area contributed by atoms with E-state index in [1.807, 2.05) is 0 Å². The van der Waals surface area contributed by atoms with Crippen LogP contribution in [0.1, 0.15) is 13.8 Å². The molecule has 1 aliphatic heterocycles. The molecule has 1 aromatic rings. The molecule has 2 heterocycles. The van der Waals surface area contributed by atoms with Crippen LogP contribution in [0.25, 0.3) is 0 Å². The SMILES string of the molecule is CC(C)Nc1cnnc(NCCN2CCOCC2)n1. The Morgan fingerprint density at radius 2 is 2.16 bits per heavy atom. The minimum Gasteiger partial charge on any atom is -0.379 e. The van der Waals surface area contributed by atoms with Gasteiger partial charge in [0.2, 0.25) is 5.95 Å². The number of morpholine rings is 1. The van der Waals surface area contributed by atoms with E-state index in [-0.39, 0.29) is 0 Å². The van der Waals surface area contributed by atoms with Gasteiger partial charge in [-0.25, -0.2) is 0 Å². The highest BCUT2D eigenvalue weighted by atomic mass is 16.5. The predicted molar refractivity (Wildman–Crippen MR) is 74.3 cm³/mol. The van der Waals surface area contributed by atoms with Crippen LogP contribution >= 0.6 is 0 Å². The molecule has 1 fully saturated rings. The first kappa shape index (κ1) is 14.0. The zero-order valence-electron chi connectivity index (χ0n) is 11.6. The average molecular weight is 266 g/mol. The number of hydrogen-bond donors (Lipinski definition) is 2. The second-order valence-corrected chi connectivity index (χ2v) is 4.85. The van der Waals surface area contributed by atoms with Gasteiger partial charge in [0, 0.05) is 32.2 Å². The van der Waals surface area contributed by atoms with Crippen LogP contribution in [0.15, 0.2) is 6.20 Å². The van der Waals surface area contributed by atoms with Gasteiger partial charge < -0.3 is 15.4 Å². The first-order valence-electron chi connectivity index (χ1n) is 6.74. The Hall–Kier alpha value is -1.47. The lowest BCUT2D eigenvalue weighted by Gasteiger charge is -2.26. The summed E-state index contributed by atoms with van der Waals surface area (Å²) >= 11 is 0. The van der Waals surface area contributed by atoms with E-state index in [1.54, 1.807) is 6.20 Å². The lowest BCUT2D eigenvalue weighted by Crippen LogP contribution is -2.39. The lowest BCUT2D eigenvalue weighted by atomic mass is 10.4. The summed E-state index contributed by atoms with van der Waals surface area (Å²) in [5.74, 6) is 1.32. The van der Waals surface area contributed by atoms with Gasteiger partial charge in [0.1, 0.15) is 0 Å². The van der Waals surface area contributed by atoms with Crippen molar-refractivity contribution in [2.45, 2.75) is 19.9 Å². The smallest absolute Gasteiger partial charge is 0.244 e. The van der Waals surface area contributed by atoms with E-state index in [9.17, 15) is 0 Å². The Bertz CT molecular complexity index is 380. The van der Waals surface area contributed by atoms with Crippen molar-refractivity contribution in [3.05, 3.63) is 6.20 Å². The van der Waals surface area contributed by atoms with Crippen molar-refractivity contribution in [1.29, 1.82) is 0 Å². The maximum Gasteiger partial charge on any atom is 0.244 e. The molecular weight excluding hydrogens is 244 g/mol. The molecule has 7 nitrogen and oxygen atoms in total. The standard InChI is InChI=1S/C12H22N6O/c1-10(2)15-11-9-14-17-12(16-11)13-3-4-18-5-7-19-8-6-18/h9-10H,3-8H2,1-2H3,(H2,13,15,16,17). The number of nitrogens with zero attached hydrogens (tertiary/aromatic N) is 4. The van der Waals surface area contributed by atoms with E-state index in [0.29, 0.717) is 12.0 Å². The summed E-state index contributed by atoms with van der Waals surface area (Å²) in [4.78, 5) is 6.72. The van der Waals surface area contributed by atoms with Crippen molar-refractivity contribution >= 4 is 11.8 Å². The number of aromatic nitrogens is 3. The third kappa shape index (κ3) is 4.96. The minimum atomic E-state index is 0.331. The molecule has 2 N–H and O–H groups in total. The first-order valence-corrected chi connectivity index (χ1v) is 6.74. The summed E-state index contributed by atoms with van der Waals surface area (Å²) in [7, 11) is 0. The van der Waals surface area contributed by atoms with Crippen molar-refractivity contribution in [3.63, 3.8) is 0 Å². The predicted octanol–water partition coefficient (Wildman–Crippen LogP) is 0.436. The van der Waals surface area contributed by atoms with Crippen LogP contribution in [0, 0.1) is 0 Å². The number of anilines is 2. The minimum absolute atomic E-state index is 0.331. The summed E-state index contributed by atoms with van der Waals surface area (Å²) in [5, 5.41) is 14.3. The normalized spacial score (nSPS) is 16.6. The maximum absolute atomic E-state index is 5.31. The summed E-state index contributed by atoms with van der Waals surface area (Å²) in [5.41, 5.74) is 0. The molecule has 0 aromatic carbocycles. The van der Waals surface area contributed by atoms with E-state index < -0.39 is 0 Å². The second kappa shape index (κ2) is 7.20. The van der Waals surface area contributed by atoms with E-state index >= 15 is 0 Å². The highest BCUT2D eigenvalue weighted by Crippen LogP contribution is 2.05. The molecule has 1 aliphatic rings. The van der Waals surface area contributed by atoms with Crippen LogP contribution in [-0.4, -0.2) is 65.5 Å². The van der Waals surface area contributed by atoms with E-state index in [0.717, 1.165) is 45.2 Å². The van der Waals surface area contributed by atoms with Crippen LogP contribution in [0.5, 0.6) is 0 Å². The Balaban J connectivity index is 1.75. The van der Waals surface area contributed by atoms with Crippen molar-refractivity contribution in [1.82, 2.24) is 20.1 Å². The molecule has 2 rings (SSSR count). The Labute approximate surface area is 113 Å². The molecule has 0 amide bonds. The molecular formula is C12H22N6O. The van der Waals surface area contributed by atoms with Gasteiger partial charge in [0.05, 0.1) is 19.4 Å². The zero-order valence-corrected chi connectivity index (χ0v) is 11.6. The molecule has 1 aromatic heterocycles. The third-order valence-electron chi connectivity index (χ3n) is 2.81. The quantitative estimate of drug-likeness (QED) is 0.773. The van der Waals surface area contributed by atoms with E-state index in [1.165, 1.54) is 0 Å². The molecule has 1 saturated heterocycles. The van der Waals surface area contributed by atoms with E-state index in [4.69, 9.17) is 4.74 Å². The Morgan fingerprint density at radius 1 is 1.37 bits per heavy atom. The largest absolute Gasteiger partial charge is 0.379 e. The maximum atomic E-state index is 5.31. The van der Waals surface area contributed by atoms with Crippen molar-refractivity contribution in [3.8, 4) is 0 Å². The van der Waals surface area contributed by atoms with Crippen LogP contribution in [0.2, 0.25) is 0 Å². The highest BCUT2D eigenvalue weighted by Gasteiger charge is 2.09. The van der Waals surface area contributed by atoms with Gasteiger partial charge in [-0.05, 0) is 13.8 Å². The van der Waals surface area contributed by atoms with Gasteiger partial charge in [-0.2, -0.15) is 10.1 Å². The zero-order chi connectivity index (χ0) is 13.5. The van der Waals surface area contributed by atoms with E-state index in [2.05, 4.69) is 44.6 Å². The van der Waals surface area contributed by atoms with Crippen LogP contribution in [0.4, 0.5) is 11.8 Å². The third-order valence-corrected chi connectivity index (χ3v) is 2.81. The summed E-state index contributed by atoms with van der Waals surface area (Å²) in [6.07, 6.45) is 1.63. The molecule has 0 spiro atoms. The molecule has 19 heavy (non-hydrogen) atoms. The molecule has 0 saturated carbocycles. The van der Waals surface area contributed by atoms with Crippen molar-refractivity contribution < 1.29 is 4.74 Å². The van der Waals surface area contributed by atoms with Gasteiger partial charge in [0.15, 0.2) is 5.82 Å². The van der Waals surface area contributed by atoms with Crippen molar-refractivity contribution in [2.75, 3.05) is 50.0 Å². The molecule has 7 heteroatoms. The monoisotopic (exact) mass is 266 g/mol. The van der Waals surface area contributed by atoms with Gasteiger partial charge in [-0.3, -0.25) is 4.90 Å². The number of ether oxygens (including phenoxy) is 1. The molecule has 0 unspecified atom stereocenters. The topological polar surface area (TPSA) is 75.2 Å². The Kier molecular flexibility index (Phi) is 5.29. The number of rotatable bonds is 6. The fourth-order valence-corrected chi connectivity index (χ4v) is 1.89. The van der Waals surface area contributed by atoms with Gasteiger partial charge in [-0.1, -0.05) is 0 Å². The van der Waals surface area contributed by atoms with Gasteiger partial charge in [-0.15, -0.1) is 5.10 Å². The van der Waals surface area contributed by atoms with Crippen LogP contribution in [0.3, 0.4) is 0 Å². The molecule has 0 aliphatic carbocycles. The van der Waals surface area contributed by atoms with Gasteiger partial charge >= 0.3 is 0 Å². The van der Waals surface area contributed by atoms with Crippen molar-refractivity contribution in [2.24, 2.45) is 0 Å². The number of hydrogen-bond acceptors (Lipinski definition) is 7. The molecule has 106 valence electrons. The summed E-state index contributed by atoms with van der Waals surface area (Å²) in [6.45, 7) is 9.55. The lowest BCUT2D eigenvalue weighted by molar-refractivity contribution is 0.0398. The highest BCUT2D eigenvalue weighted by molar-refractivity contribution is 5.37. The Morgan fingerprint density at radius 3 is 2.89 bits per heavy atom. The fraction of sp³-hybridized carbons (Fsp3) is 0.750. The fourth-order valence-electron chi connectivity index (χ4n) is 1.89. The second-order valence-electron chi connectivity index (χ2n) is 4.85. The molecule has 0 bridgehead atoms. The summed E-state index contributed by atoms with van der Waals surface area (Å²) in [6, 6.07) is 0.331. The first-order chi connectivity index (χ1) is 9.24. The van der Waals surface area contributed by atoms with Crippen LogP contribution < -0.4 is 10.6 Å². The van der Waals surface area contributed by atoms with Gasteiger partial charge in [0.25, 0.3) is 0 Å². The molecule has 0 atom stereocenters. The summed E-state index contributed by atoms with van der Waals surface area (Å²) < 4.78 is 5.31. The number of nitrogens with one attached hydrogen (secondary N) is 2. The van der Waals surface area contributed by atoms with Crippen LogP contribution in [-0.2, 0) is 4.74 Å². The average Bonchev–Trinajstić information content (AvgIpc) is 2.40. The molecule has 0 radical (unpaired) electrons.